The molecule has 1 fully saturated rings. The first-order valence-corrected chi connectivity index (χ1v) is 9.50. The van der Waals surface area contributed by atoms with Crippen LogP contribution in [-0.2, 0) is 20.8 Å². The molecule has 6 nitrogen and oxygen atoms in total. The molecule has 1 aliphatic rings. The average Bonchev–Trinajstić information content (AvgIpc) is 2.69. The number of carboxylic acids is 1. The largest absolute Gasteiger partial charge is 0.481 e. The maximum atomic E-state index is 12.6. The van der Waals surface area contributed by atoms with Gasteiger partial charge in [0.2, 0.25) is 11.8 Å². The summed E-state index contributed by atoms with van der Waals surface area (Å²) in [4.78, 5) is 36.2. The van der Waals surface area contributed by atoms with Crippen LogP contribution in [-0.4, -0.2) is 22.9 Å². The van der Waals surface area contributed by atoms with Crippen LogP contribution in [0.25, 0.3) is 0 Å². The van der Waals surface area contributed by atoms with Gasteiger partial charge in [0.15, 0.2) is 0 Å². The summed E-state index contributed by atoms with van der Waals surface area (Å²) in [7, 11) is 0. The molecule has 0 spiro atoms. The number of anilines is 2. The van der Waals surface area contributed by atoms with Crippen molar-refractivity contribution in [1.82, 2.24) is 0 Å². The Bertz CT molecular complexity index is 851. The van der Waals surface area contributed by atoms with E-state index < -0.39 is 17.8 Å². The van der Waals surface area contributed by atoms with Crippen molar-refractivity contribution in [1.29, 1.82) is 0 Å². The Balaban J connectivity index is 1.62. The highest BCUT2D eigenvalue weighted by atomic mass is 16.4. The molecule has 1 aliphatic carbocycles. The Morgan fingerprint density at radius 1 is 0.857 bits per heavy atom. The summed E-state index contributed by atoms with van der Waals surface area (Å²) in [6, 6.07) is 16.3. The third-order valence-corrected chi connectivity index (χ3v) is 5.04. The Labute approximate surface area is 164 Å². The van der Waals surface area contributed by atoms with Gasteiger partial charge in [0.25, 0.3) is 0 Å². The quantitative estimate of drug-likeness (QED) is 0.712. The lowest BCUT2D eigenvalue weighted by molar-refractivity contribution is -0.147. The Kier molecular flexibility index (Phi) is 6.42. The lowest BCUT2D eigenvalue weighted by Gasteiger charge is -2.27. The second kappa shape index (κ2) is 9.17. The SMILES string of the molecule is O=C(Cc1ccccc1)Nc1cccc(NC(=O)C2CCCCC2C(=O)O)c1. The molecule has 0 aliphatic heterocycles. The fourth-order valence-corrected chi connectivity index (χ4v) is 3.64. The van der Waals surface area contributed by atoms with E-state index in [-0.39, 0.29) is 18.2 Å². The molecule has 0 heterocycles. The van der Waals surface area contributed by atoms with Crippen LogP contribution in [0.2, 0.25) is 0 Å². The predicted octanol–water partition coefficient (Wildman–Crippen LogP) is 3.70. The van der Waals surface area contributed by atoms with Crippen LogP contribution in [0.3, 0.4) is 0 Å². The summed E-state index contributed by atoms with van der Waals surface area (Å²) in [6.45, 7) is 0. The third kappa shape index (κ3) is 5.19. The zero-order valence-electron chi connectivity index (χ0n) is 15.6. The van der Waals surface area contributed by atoms with E-state index in [9.17, 15) is 19.5 Å². The number of amides is 2. The fourth-order valence-electron chi connectivity index (χ4n) is 3.64. The summed E-state index contributed by atoms with van der Waals surface area (Å²) in [5, 5.41) is 15.0. The number of carbonyl (C=O) groups excluding carboxylic acids is 2. The number of hydrogen-bond donors (Lipinski definition) is 3. The van der Waals surface area contributed by atoms with Crippen molar-refractivity contribution in [2.45, 2.75) is 32.1 Å². The highest BCUT2D eigenvalue weighted by Crippen LogP contribution is 2.31. The van der Waals surface area contributed by atoms with Crippen molar-refractivity contribution in [3.63, 3.8) is 0 Å². The maximum Gasteiger partial charge on any atom is 0.307 e. The smallest absolute Gasteiger partial charge is 0.307 e. The van der Waals surface area contributed by atoms with Crippen LogP contribution in [0.5, 0.6) is 0 Å². The van der Waals surface area contributed by atoms with E-state index in [1.165, 1.54) is 0 Å². The highest BCUT2D eigenvalue weighted by Gasteiger charge is 2.35. The van der Waals surface area contributed by atoms with Gasteiger partial charge in [0.05, 0.1) is 18.3 Å². The third-order valence-electron chi connectivity index (χ3n) is 5.04. The molecule has 3 rings (SSSR count). The number of aliphatic carboxylic acids is 1. The average molecular weight is 380 g/mol. The van der Waals surface area contributed by atoms with E-state index in [2.05, 4.69) is 10.6 Å². The molecule has 6 heteroatoms. The molecule has 1 saturated carbocycles. The lowest BCUT2D eigenvalue weighted by atomic mass is 9.78. The van der Waals surface area contributed by atoms with Crippen molar-refractivity contribution >= 4 is 29.2 Å². The molecule has 146 valence electrons. The zero-order valence-corrected chi connectivity index (χ0v) is 15.6. The van der Waals surface area contributed by atoms with E-state index in [0.29, 0.717) is 24.2 Å². The number of carbonyl (C=O) groups is 3. The van der Waals surface area contributed by atoms with E-state index in [1.807, 2.05) is 30.3 Å². The van der Waals surface area contributed by atoms with Gasteiger partial charge in [-0.2, -0.15) is 0 Å². The first-order valence-electron chi connectivity index (χ1n) is 9.50. The van der Waals surface area contributed by atoms with E-state index in [4.69, 9.17) is 0 Å². The number of rotatable bonds is 6. The van der Waals surface area contributed by atoms with Gasteiger partial charge >= 0.3 is 5.97 Å². The molecule has 3 N–H and O–H groups in total. The minimum atomic E-state index is -0.915. The van der Waals surface area contributed by atoms with Crippen molar-refractivity contribution in [3.8, 4) is 0 Å². The Hall–Kier alpha value is -3.15. The van der Waals surface area contributed by atoms with Crippen molar-refractivity contribution in [3.05, 3.63) is 60.2 Å². The van der Waals surface area contributed by atoms with Crippen LogP contribution in [0.1, 0.15) is 31.2 Å². The fraction of sp³-hybridized carbons (Fsp3) is 0.318. The molecular weight excluding hydrogens is 356 g/mol. The normalized spacial score (nSPS) is 18.9. The Morgan fingerprint density at radius 3 is 2.18 bits per heavy atom. The number of carboxylic acid groups (broad SMARTS) is 1. The summed E-state index contributed by atoms with van der Waals surface area (Å²) in [6.07, 6.45) is 3.07. The van der Waals surface area contributed by atoms with Crippen molar-refractivity contribution in [2.75, 3.05) is 10.6 Å². The van der Waals surface area contributed by atoms with Gasteiger partial charge in [-0.1, -0.05) is 49.2 Å². The minimum absolute atomic E-state index is 0.145. The molecule has 0 saturated heterocycles. The topological polar surface area (TPSA) is 95.5 Å². The van der Waals surface area contributed by atoms with E-state index in [1.54, 1.807) is 24.3 Å². The second-order valence-electron chi connectivity index (χ2n) is 7.12. The minimum Gasteiger partial charge on any atom is -0.481 e. The molecule has 2 unspecified atom stereocenters. The highest BCUT2D eigenvalue weighted by molar-refractivity contribution is 5.97. The monoisotopic (exact) mass is 380 g/mol. The summed E-state index contributed by atoms with van der Waals surface area (Å²) in [5.41, 5.74) is 2.04. The van der Waals surface area contributed by atoms with Crippen LogP contribution in [0, 0.1) is 11.8 Å². The second-order valence-corrected chi connectivity index (χ2v) is 7.12. The molecule has 0 bridgehead atoms. The molecule has 28 heavy (non-hydrogen) atoms. The standard InChI is InChI=1S/C22H24N2O4/c25-20(13-15-7-2-1-3-8-15)23-16-9-6-10-17(14-16)24-21(26)18-11-4-5-12-19(18)22(27)28/h1-3,6-10,14,18-19H,4-5,11-13H2,(H,23,25)(H,24,26)(H,27,28). The molecule has 2 aromatic carbocycles. The maximum absolute atomic E-state index is 12.6. The van der Waals surface area contributed by atoms with Gasteiger partial charge in [-0.25, -0.2) is 0 Å². The first kappa shape index (κ1) is 19.6. The number of benzene rings is 2. The number of hydrogen-bond acceptors (Lipinski definition) is 3. The Morgan fingerprint density at radius 2 is 1.50 bits per heavy atom. The predicted molar refractivity (Wildman–Crippen MR) is 107 cm³/mol. The van der Waals surface area contributed by atoms with Crippen LogP contribution in [0.15, 0.2) is 54.6 Å². The zero-order chi connectivity index (χ0) is 19.9. The summed E-state index contributed by atoms with van der Waals surface area (Å²) < 4.78 is 0. The van der Waals surface area contributed by atoms with Crippen LogP contribution >= 0.6 is 0 Å². The van der Waals surface area contributed by atoms with Gasteiger partial charge in [0.1, 0.15) is 0 Å². The molecular formula is C22H24N2O4. The molecule has 2 atom stereocenters. The van der Waals surface area contributed by atoms with Gasteiger partial charge < -0.3 is 15.7 Å². The van der Waals surface area contributed by atoms with Crippen LogP contribution < -0.4 is 10.6 Å². The molecule has 0 radical (unpaired) electrons. The lowest BCUT2D eigenvalue weighted by Crippen LogP contribution is -2.36. The van der Waals surface area contributed by atoms with Gasteiger partial charge in [-0.05, 0) is 36.6 Å². The molecule has 2 amide bonds. The van der Waals surface area contributed by atoms with Gasteiger partial charge in [0, 0.05) is 11.4 Å². The van der Waals surface area contributed by atoms with Crippen molar-refractivity contribution < 1.29 is 19.5 Å². The number of nitrogens with one attached hydrogen (secondary N) is 2. The molecule has 2 aromatic rings. The summed E-state index contributed by atoms with van der Waals surface area (Å²) >= 11 is 0. The van der Waals surface area contributed by atoms with Gasteiger partial charge in [-0.3, -0.25) is 14.4 Å². The van der Waals surface area contributed by atoms with E-state index in [0.717, 1.165) is 18.4 Å². The van der Waals surface area contributed by atoms with Gasteiger partial charge in [-0.15, -0.1) is 0 Å². The van der Waals surface area contributed by atoms with Crippen LogP contribution in [0.4, 0.5) is 11.4 Å². The summed E-state index contributed by atoms with van der Waals surface area (Å²) in [5.74, 6) is -2.50. The van der Waals surface area contributed by atoms with E-state index >= 15 is 0 Å². The molecule has 0 aromatic heterocycles. The first-order chi connectivity index (χ1) is 13.5. The van der Waals surface area contributed by atoms with Crippen molar-refractivity contribution in [2.24, 2.45) is 11.8 Å².